The molecule has 3 aliphatic carbocycles. The second kappa shape index (κ2) is 3.40. The van der Waals surface area contributed by atoms with Crippen LogP contribution in [0.3, 0.4) is 0 Å². The molecule has 3 fully saturated rings. The van der Waals surface area contributed by atoms with Crippen LogP contribution in [-0.2, 0) is 0 Å². The number of halogens is 3. The van der Waals surface area contributed by atoms with Crippen molar-refractivity contribution in [3.63, 3.8) is 0 Å². The van der Waals surface area contributed by atoms with Gasteiger partial charge < -0.3 is 5.73 Å². The van der Waals surface area contributed by atoms with Gasteiger partial charge in [-0.3, -0.25) is 0 Å². The second-order valence-corrected chi connectivity index (χ2v) is 4.64. The maximum Gasteiger partial charge on any atom is 0.392 e. The molecular weight excluding hydrogens is 191 g/mol. The van der Waals surface area contributed by atoms with Gasteiger partial charge in [0.25, 0.3) is 0 Å². The van der Waals surface area contributed by atoms with Crippen LogP contribution in [0.2, 0.25) is 0 Å². The van der Waals surface area contributed by atoms with E-state index in [0.717, 1.165) is 25.7 Å². The van der Waals surface area contributed by atoms with E-state index < -0.39 is 12.1 Å². The third kappa shape index (κ3) is 1.53. The fraction of sp³-hybridized carbons (Fsp3) is 1.00. The predicted molar refractivity (Wildman–Crippen MR) is 47.5 cm³/mol. The summed E-state index contributed by atoms with van der Waals surface area (Å²) in [6, 6.07) is 0. The topological polar surface area (TPSA) is 26.0 Å². The molecule has 0 aromatic rings. The molecule has 0 amide bonds. The molecule has 0 aromatic carbocycles. The Hall–Kier alpha value is -0.250. The first-order valence-electron chi connectivity index (χ1n) is 5.31. The molecule has 82 valence electrons. The zero-order valence-corrected chi connectivity index (χ0v) is 8.06. The zero-order chi connectivity index (χ0) is 10.3. The van der Waals surface area contributed by atoms with Crippen molar-refractivity contribution in [2.75, 3.05) is 6.54 Å². The number of rotatable bonds is 1. The Morgan fingerprint density at radius 2 is 1.50 bits per heavy atom. The minimum absolute atomic E-state index is 0.145. The van der Waals surface area contributed by atoms with Crippen molar-refractivity contribution in [2.24, 2.45) is 29.4 Å². The van der Waals surface area contributed by atoms with Crippen LogP contribution in [0.5, 0.6) is 0 Å². The van der Waals surface area contributed by atoms with Crippen molar-refractivity contribution in [3.8, 4) is 0 Å². The standard InChI is InChI=1S/C10H16F3N/c11-10(12,13)9-7-3-1-6(2-4-7)8(9)5-14/h6-9H,1-5,14H2/t6?,7?,8-,9-/m0/s1. The summed E-state index contributed by atoms with van der Waals surface area (Å²) in [6.07, 6.45) is -0.608. The number of nitrogens with two attached hydrogens (primary N) is 1. The van der Waals surface area contributed by atoms with E-state index in [4.69, 9.17) is 5.73 Å². The quantitative estimate of drug-likeness (QED) is 0.702. The second-order valence-electron chi connectivity index (χ2n) is 4.64. The molecule has 4 heteroatoms. The lowest BCUT2D eigenvalue weighted by atomic mass is 9.58. The van der Waals surface area contributed by atoms with Gasteiger partial charge in [0.05, 0.1) is 5.92 Å². The number of alkyl halides is 3. The molecule has 0 heterocycles. The highest BCUT2D eigenvalue weighted by Gasteiger charge is 2.54. The first-order valence-corrected chi connectivity index (χ1v) is 5.31. The highest BCUT2D eigenvalue weighted by Crippen LogP contribution is 2.53. The van der Waals surface area contributed by atoms with Crippen molar-refractivity contribution in [1.82, 2.24) is 0 Å². The van der Waals surface area contributed by atoms with Gasteiger partial charge in [-0.25, -0.2) is 0 Å². The van der Waals surface area contributed by atoms with E-state index in [1.807, 2.05) is 0 Å². The van der Waals surface area contributed by atoms with Gasteiger partial charge in [0.1, 0.15) is 0 Å². The monoisotopic (exact) mass is 207 g/mol. The smallest absolute Gasteiger partial charge is 0.330 e. The van der Waals surface area contributed by atoms with Crippen molar-refractivity contribution in [3.05, 3.63) is 0 Å². The SMILES string of the molecule is NC[C@H]1C2CCC(CC2)[C@@H]1C(F)(F)F. The molecule has 2 N–H and O–H groups in total. The maximum atomic E-state index is 12.8. The van der Waals surface area contributed by atoms with Gasteiger partial charge >= 0.3 is 6.18 Å². The van der Waals surface area contributed by atoms with E-state index in [1.165, 1.54) is 0 Å². The van der Waals surface area contributed by atoms with E-state index in [2.05, 4.69) is 0 Å². The normalized spacial score (nSPS) is 42.9. The Balaban J connectivity index is 2.20. The maximum absolute atomic E-state index is 12.8. The molecule has 2 bridgehead atoms. The summed E-state index contributed by atoms with van der Waals surface area (Å²) >= 11 is 0. The largest absolute Gasteiger partial charge is 0.392 e. The third-order valence-corrected chi connectivity index (χ3v) is 4.04. The Morgan fingerprint density at radius 1 is 1.00 bits per heavy atom. The van der Waals surface area contributed by atoms with Gasteiger partial charge in [0.15, 0.2) is 0 Å². The fourth-order valence-corrected chi connectivity index (χ4v) is 3.42. The third-order valence-electron chi connectivity index (χ3n) is 4.04. The summed E-state index contributed by atoms with van der Waals surface area (Å²) in [5.41, 5.74) is 5.48. The van der Waals surface area contributed by atoms with Gasteiger partial charge in [0, 0.05) is 0 Å². The van der Waals surface area contributed by atoms with Crippen LogP contribution >= 0.6 is 0 Å². The molecule has 0 unspecified atom stereocenters. The summed E-state index contributed by atoms with van der Waals surface area (Å²) in [5, 5.41) is 0. The minimum Gasteiger partial charge on any atom is -0.330 e. The number of hydrogen-bond acceptors (Lipinski definition) is 1. The van der Waals surface area contributed by atoms with Crippen LogP contribution in [-0.4, -0.2) is 12.7 Å². The molecule has 0 aliphatic heterocycles. The number of hydrogen-bond donors (Lipinski definition) is 1. The van der Waals surface area contributed by atoms with Crippen LogP contribution in [0.25, 0.3) is 0 Å². The average molecular weight is 207 g/mol. The zero-order valence-electron chi connectivity index (χ0n) is 8.06. The van der Waals surface area contributed by atoms with Crippen molar-refractivity contribution in [1.29, 1.82) is 0 Å². The minimum atomic E-state index is -4.03. The van der Waals surface area contributed by atoms with Gasteiger partial charge in [-0.15, -0.1) is 0 Å². The average Bonchev–Trinajstić information content (AvgIpc) is 2.16. The molecular formula is C10H16F3N. The molecule has 0 aromatic heterocycles. The number of fused-ring (bicyclic) bond motifs is 3. The Morgan fingerprint density at radius 3 is 1.86 bits per heavy atom. The summed E-state index contributed by atoms with van der Waals surface area (Å²) in [4.78, 5) is 0. The van der Waals surface area contributed by atoms with E-state index >= 15 is 0 Å². The van der Waals surface area contributed by atoms with Crippen molar-refractivity contribution < 1.29 is 13.2 Å². The van der Waals surface area contributed by atoms with Crippen LogP contribution in [0.1, 0.15) is 25.7 Å². The van der Waals surface area contributed by atoms with Crippen molar-refractivity contribution in [2.45, 2.75) is 31.9 Å². The lowest BCUT2D eigenvalue weighted by molar-refractivity contribution is -0.228. The molecule has 0 radical (unpaired) electrons. The van der Waals surface area contributed by atoms with Crippen LogP contribution < -0.4 is 5.73 Å². The van der Waals surface area contributed by atoms with Crippen molar-refractivity contribution >= 4 is 0 Å². The van der Waals surface area contributed by atoms with Crippen LogP contribution in [0.15, 0.2) is 0 Å². The predicted octanol–water partition coefficient (Wildman–Crippen LogP) is 2.56. The molecule has 0 saturated heterocycles. The van der Waals surface area contributed by atoms with Gasteiger partial charge in [-0.05, 0) is 50.0 Å². The van der Waals surface area contributed by atoms with Gasteiger partial charge in [-0.2, -0.15) is 13.2 Å². The lowest BCUT2D eigenvalue weighted by Crippen LogP contribution is -2.49. The summed E-state index contributed by atoms with van der Waals surface area (Å²) in [5.74, 6) is -1.33. The Bertz CT molecular complexity index is 206. The fourth-order valence-electron chi connectivity index (χ4n) is 3.42. The summed E-state index contributed by atoms with van der Waals surface area (Å²) in [7, 11) is 0. The van der Waals surface area contributed by atoms with Gasteiger partial charge in [0.2, 0.25) is 0 Å². The molecule has 2 atom stereocenters. The van der Waals surface area contributed by atoms with E-state index in [9.17, 15) is 13.2 Å². The lowest BCUT2D eigenvalue weighted by Gasteiger charge is -2.48. The summed E-state index contributed by atoms with van der Waals surface area (Å²) in [6.45, 7) is 0.200. The first-order chi connectivity index (χ1) is 6.54. The highest BCUT2D eigenvalue weighted by molar-refractivity contribution is 4.95. The Labute approximate surface area is 81.8 Å². The molecule has 1 nitrogen and oxygen atoms in total. The molecule has 3 saturated carbocycles. The Kier molecular flexibility index (Phi) is 2.50. The molecule has 3 aliphatic rings. The van der Waals surface area contributed by atoms with Crippen LogP contribution in [0.4, 0.5) is 13.2 Å². The van der Waals surface area contributed by atoms with E-state index in [-0.39, 0.29) is 24.3 Å². The van der Waals surface area contributed by atoms with E-state index in [0.29, 0.717) is 0 Å². The summed E-state index contributed by atoms with van der Waals surface area (Å²) < 4.78 is 38.3. The van der Waals surface area contributed by atoms with E-state index in [1.54, 1.807) is 0 Å². The highest BCUT2D eigenvalue weighted by atomic mass is 19.4. The van der Waals surface area contributed by atoms with Crippen LogP contribution in [0, 0.1) is 23.7 Å². The molecule has 14 heavy (non-hydrogen) atoms. The van der Waals surface area contributed by atoms with Gasteiger partial charge in [-0.1, -0.05) is 0 Å². The molecule has 3 rings (SSSR count). The molecule has 0 spiro atoms. The first kappa shape index (κ1) is 10.3.